The van der Waals surface area contributed by atoms with Crippen molar-refractivity contribution in [1.29, 1.82) is 0 Å². The largest absolute Gasteiger partial charge is 0.494 e. The summed E-state index contributed by atoms with van der Waals surface area (Å²) in [6.07, 6.45) is -3.42. The maximum atomic E-state index is 12.0. The van der Waals surface area contributed by atoms with Crippen LogP contribution in [-0.2, 0) is 0 Å². The zero-order valence-electron chi connectivity index (χ0n) is 11.4. The van der Waals surface area contributed by atoms with Crippen LogP contribution in [0.15, 0.2) is 23.3 Å². The van der Waals surface area contributed by atoms with Gasteiger partial charge in [-0.15, -0.1) is 0 Å². The molecular weight excluding hydrogens is 307 g/mol. The van der Waals surface area contributed by atoms with Crippen molar-refractivity contribution in [2.45, 2.75) is 19.0 Å². The van der Waals surface area contributed by atoms with E-state index in [0.29, 0.717) is 23.1 Å². The minimum atomic E-state index is -4.15. The third-order valence-corrected chi connectivity index (χ3v) is 3.13. The summed E-state index contributed by atoms with van der Waals surface area (Å²) in [5.74, 6) is 0.473. The molecule has 0 atom stereocenters. The summed E-state index contributed by atoms with van der Waals surface area (Å²) in [4.78, 5) is 1.87. The van der Waals surface area contributed by atoms with E-state index in [9.17, 15) is 13.2 Å². The number of alkyl halides is 3. The molecule has 0 aliphatic carbocycles. The average Bonchev–Trinajstić information content (AvgIpc) is 2.82. The first-order valence-electron chi connectivity index (χ1n) is 6.36. The topological polar surface area (TPSA) is 28.1 Å². The Bertz CT molecular complexity index is 522. The normalized spacial score (nSPS) is 14.9. The third kappa shape index (κ3) is 4.70. The first-order valence-corrected chi connectivity index (χ1v) is 6.74. The van der Waals surface area contributed by atoms with E-state index >= 15 is 0 Å². The van der Waals surface area contributed by atoms with Crippen molar-refractivity contribution in [2.75, 3.05) is 25.3 Å². The highest BCUT2D eigenvalue weighted by Crippen LogP contribution is 2.31. The Hall–Kier alpha value is -1.63. The maximum absolute atomic E-state index is 12.0. The van der Waals surface area contributed by atoms with Crippen molar-refractivity contribution in [1.82, 2.24) is 4.90 Å². The van der Waals surface area contributed by atoms with Gasteiger partial charge in [-0.25, -0.2) is 5.01 Å². The molecule has 116 valence electrons. The van der Waals surface area contributed by atoms with Crippen LogP contribution < -0.4 is 9.75 Å². The van der Waals surface area contributed by atoms with E-state index in [-0.39, 0.29) is 13.0 Å². The van der Waals surface area contributed by atoms with Crippen LogP contribution in [0.4, 0.5) is 18.9 Å². The minimum absolute atomic E-state index is 0.00372. The fourth-order valence-corrected chi connectivity index (χ4v) is 2.03. The van der Waals surface area contributed by atoms with Gasteiger partial charge in [0.15, 0.2) is 0 Å². The number of hydrazone groups is 1. The van der Waals surface area contributed by atoms with E-state index in [1.54, 1.807) is 29.5 Å². The van der Waals surface area contributed by atoms with Crippen LogP contribution in [0.5, 0.6) is 5.75 Å². The van der Waals surface area contributed by atoms with Crippen LogP contribution in [0.1, 0.15) is 12.8 Å². The fourth-order valence-electron chi connectivity index (χ4n) is 1.82. The molecule has 0 bridgehead atoms. The second-order valence-corrected chi connectivity index (χ2v) is 5.12. The molecule has 0 unspecified atom stereocenters. The minimum Gasteiger partial charge on any atom is -0.494 e. The highest BCUT2D eigenvalue weighted by molar-refractivity contribution is 6.33. The van der Waals surface area contributed by atoms with E-state index in [0.717, 1.165) is 0 Å². The molecule has 0 spiro atoms. The Morgan fingerprint density at radius 1 is 1.38 bits per heavy atom. The van der Waals surface area contributed by atoms with E-state index in [4.69, 9.17) is 16.3 Å². The standard InChI is InChI=1S/C13H15ClF3N3O/c1-19-8-18-20(9-19)12-7-10(3-4-11(12)14)21-6-2-5-13(15,16)17/h3-4,7-8H,2,5-6,9H2,1H3. The van der Waals surface area contributed by atoms with Crippen molar-refractivity contribution >= 4 is 23.6 Å². The molecular formula is C13H15ClF3N3O. The maximum Gasteiger partial charge on any atom is 0.389 e. The fraction of sp³-hybridized carbons (Fsp3) is 0.462. The van der Waals surface area contributed by atoms with Crippen molar-refractivity contribution < 1.29 is 17.9 Å². The van der Waals surface area contributed by atoms with Crippen LogP contribution in [0.3, 0.4) is 0 Å². The predicted octanol–water partition coefficient (Wildman–Crippen LogP) is 3.71. The number of halogens is 4. The van der Waals surface area contributed by atoms with Crippen LogP contribution >= 0.6 is 11.6 Å². The highest BCUT2D eigenvalue weighted by atomic mass is 35.5. The lowest BCUT2D eigenvalue weighted by Crippen LogP contribution is -2.22. The number of rotatable bonds is 5. The molecule has 1 aliphatic heterocycles. The lowest BCUT2D eigenvalue weighted by Gasteiger charge is -2.18. The van der Waals surface area contributed by atoms with Gasteiger partial charge in [-0.05, 0) is 18.6 Å². The first-order chi connectivity index (χ1) is 9.85. The van der Waals surface area contributed by atoms with Gasteiger partial charge in [0.2, 0.25) is 0 Å². The molecule has 8 heteroatoms. The van der Waals surface area contributed by atoms with Crippen molar-refractivity contribution in [3.63, 3.8) is 0 Å². The Kier molecular flexibility index (Phi) is 4.82. The number of hydrogen-bond donors (Lipinski definition) is 0. The second kappa shape index (κ2) is 6.43. The Morgan fingerprint density at radius 3 is 2.76 bits per heavy atom. The molecule has 0 fully saturated rings. The van der Waals surface area contributed by atoms with Gasteiger partial charge in [-0.2, -0.15) is 18.3 Å². The van der Waals surface area contributed by atoms with Gasteiger partial charge in [0.05, 0.1) is 17.3 Å². The van der Waals surface area contributed by atoms with Crippen molar-refractivity contribution in [3.05, 3.63) is 23.2 Å². The van der Waals surface area contributed by atoms with E-state index < -0.39 is 12.6 Å². The number of ether oxygens (including phenoxy) is 1. The van der Waals surface area contributed by atoms with E-state index in [2.05, 4.69) is 5.10 Å². The summed E-state index contributed by atoms with van der Waals surface area (Å²) in [6, 6.07) is 4.94. The molecule has 1 aromatic rings. The van der Waals surface area contributed by atoms with Gasteiger partial charge in [-0.3, -0.25) is 0 Å². The molecule has 1 aromatic carbocycles. The molecule has 1 aliphatic rings. The molecule has 0 saturated carbocycles. The lowest BCUT2D eigenvalue weighted by atomic mass is 10.3. The third-order valence-electron chi connectivity index (χ3n) is 2.81. The van der Waals surface area contributed by atoms with Gasteiger partial charge in [0.25, 0.3) is 0 Å². The van der Waals surface area contributed by atoms with Gasteiger partial charge in [0, 0.05) is 19.5 Å². The Labute approximate surface area is 125 Å². The summed E-state index contributed by atoms with van der Waals surface area (Å²) in [6.45, 7) is 0.557. The Balaban J connectivity index is 1.94. The second-order valence-electron chi connectivity index (χ2n) is 4.71. The summed E-state index contributed by atoms with van der Waals surface area (Å²) < 4.78 is 41.5. The summed E-state index contributed by atoms with van der Waals surface area (Å²) in [7, 11) is 1.87. The summed E-state index contributed by atoms with van der Waals surface area (Å²) >= 11 is 6.11. The molecule has 0 aromatic heterocycles. The first kappa shape index (κ1) is 15.8. The molecule has 0 saturated heterocycles. The molecule has 0 amide bonds. The van der Waals surface area contributed by atoms with Gasteiger partial charge >= 0.3 is 6.18 Å². The molecule has 2 rings (SSSR count). The number of hydrogen-bond acceptors (Lipinski definition) is 4. The average molecular weight is 322 g/mol. The number of nitrogens with zero attached hydrogens (tertiary/aromatic N) is 3. The zero-order chi connectivity index (χ0) is 15.5. The smallest absolute Gasteiger partial charge is 0.389 e. The monoisotopic (exact) mass is 321 g/mol. The van der Waals surface area contributed by atoms with Crippen LogP contribution in [0.25, 0.3) is 0 Å². The van der Waals surface area contributed by atoms with Crippen LogP contribution in [-0.4, -0.2) is 37.7 Å². The molecule has 4 nitrogen and oxygen atoms in total. The van der Waals surface area contributed by atoms with E-state index in [1.807, 2.05) is 11.9 Å². The van der Waals surface area contributed by atoms with Crippen molar-refractivity contribution in [2.24, 2.45) is 5.10 Å². The molecule has 0 radical (unpaired) electrons. The quantitative estimate of drug-likeness (QED) is 0.774. The SMILES string of the molecule is CN1C=NN(c2cc(OCCCC(F)(F)F)ccc2Cl)C1. The van der Waals surface area contributed by atoms with Crippen molar-refractivity contribution in [3.8, 4) is 5.75 Å². The van der Waals surface area contributed by atoms with Crippen LogP contribution in [0, 0.1) is 0 Å². The van der Waals surface area contributed by atoms with Gasteiger partial charge in [0.1, 0.15) is 18.8 Å². The Morgan fingerprint density at radius 2 is 2.14 bits per heavy atom. The molecule has 0 N–H and O–H groups in total. The zero-order valence-corrected chi connectivity index (χ0v) is 12.2. The number of anilines is 1. The van der Waals surface area contributed by atoms with Gasteiger partial charge < -0.3 is 9.64 Å². The number of benzene rings is 1. The summed E-state index contributed by atoms with van der Waals surface area (Å²) in [5, 5.41) is 6.35. The van der Waals surface area contributed by atoms with Crippen LogP contribution in [0.2, 0.25) is 5.02 Å². The molecule has 1 heterocycles. The van der Waals surface area contributed by atoms with Gasteiger partial charge in [-0.1, -0.05) is 11.6 Å². The lowest BCUT2D eigenvalue weighted by molar-refractivity contribution is -0.136. The molecule has 21 heavy (non-hydrogen) atoms. The highest BCUT2D eigenvalue weighted by Gasteiger charge is 2.26. The summed E-state index contributed by atoms with van der Waals surface area (Å²) in [5.41, 5.74) is 0.658. The predicted molar refractivity (Wildman–Crippen MR) is 75.8 cm³/mol. The van der Waals surface area contributed by atoms with E-state index in [1.165, 1.54) is 0 Å².